The Labute approximate surface area is 141 Å². The first kappa shape index (κ1) is 17.9. The molecule has 0 aromatic heterocycles. The van der Waals surface area contributed by atoms with E-state index in [9.17, 15) is 14.3 Å². The fourth-order valence-corrected chi connectivity index (χ4v) is 2.30. The first-order chi connectivity index (χ1) is 11.5. The zero-order valence-electron chi connectivity index (χ0n) is 13.8. The molecule has 2 N–H and O–H groups in total. The summed E-state index contributed by atoms with van der Waals surface area (Å²) in [6, 6.07) is 13.7. The lowest BCUT2D eigenvalue weighted by Crippen LogP contribution is -2.37. The number of nitrogens with one attached hydrogen (secondary N) is 1. The third-order valence-electron chi connectivity index (χ3n) is 3.71. The van der Waals surface area contributed by atoms with E-state index in [4.69, 9.17) is 4.74 Å². The van der Waals surface area contributed by atoms with Gasteiger partial charge in [-0.3, -0.25) is 4.79 Å². The molecule has 0 bridgehead atoms. The topological polar surface area (TPSA) is 58.6 Å². The highest BCUT2D eigenvalue weighted by molar-refractivity contribution is 5.83. The SMILES string of the molecule is Cc1cccc(OCC(O)CNC(=O)C(C)c2ccccc2F)c1. The lowest BCUT2D eigenvalue weighted by Gasteiger charge is -2.16. The van der Waals surface area contributed by atoms with E-state index in [0.29, 0.717) is 11.3 Å². The number of benzene rings is 2. The lowest BCUT2D eigenvalue weighted by molar-refractivity contribution is -0.122. The van der Waals surface area contributed by atoms with Crippen LogP contribution < -0.4 is 10.1 Å². The summed E-state index contributed by atoms with van der Waals surface area (Å²) < 4.78 is 19.2. The molecule has 2 aromatic rings. The summed E-state index contributed by atoms with van der Waals surface area (Å²) in [6.07, 6.45) is -0.845. The highest BCUT2D eigenvalue weighted by Crippen LogP contribution is 2.18. The molecule has 2 rings (SSSR count). The minimum atomic E-state index is -0.845. The third kappa shape index (κ3) is 5.06. The highest BCUT2D eigenvalue weighted by Gasteiger charge is 2.19. The summed E-state index contributed by atoms with van der Waals surface area (Å²) in [5.74, 6) is -0.714. The molecule has 24 heavy (non-hydrogen) atoms. The van der Waals surface area contributed by atoms with Gasteiger partial charge in [0.1, 0.15) is 24.3 Å². The van der Waals surface area contributed by atoms with Crippen LogP contribution in [-0.4, -0.2) is 30.3 Å². The number of ether oxygens (including phenoxy) is 1. The van der Waals surface area contributed by atoms with Crippen molar-refractivity contribution in [2.24, 2.45) is 0 Å². The van der Waals surface area contributed by atoms with Crippen molar-refractivity contribution in [3.63, 3.8) is 0 Å². The maximum absolute atomic E-state index is 13.7. The van der Waals surface area contributed by atoms with Crippen LogP contribution in [0.5, 0.6) is 5.75 Å². The number of aliphatic hydroxyl groups excluding tert-OH is 1. The fourth-order valence-electron chi connectivity index (χ4n) is 2.30. The van der Waals surface area contributed by atoms with Crippen LogP contribution in [0.2, 0.25) is 0 Å². The highest BCUT2D eigenvalue weighted by atomic mass is 19.1. The molecule has 0 aliphatic rings. The largest absolute Gasteiger partial charge is 0.491 e. The average Bonchev–Trinajstić information content (AvgIpc) is 2.57. The number of aryl methyl sites for hydroxylation is 1. The Morgan fingerprint density at radius 2 is 2.00 bits per heavy atom. The maximum atomic E-state index is 13.7. The first-order valence-electron chi connectivity index (χ1n) is 7.87. The van der Waals surface area contributed by atoms with Crippen LogP contribution >= 0.6 is 0 Å². The summed E-state index contributed by atoms with van der Waals surface area (Å²) in [5, 5.41) is 12.5. The van der Waals surface area contributed by atoms with Crippen LogP contribution in [0.3, 0.4) is 0 Å². The zero-order chi connectivity index (χ0) is 17.5. The van der Waals surface area contributed by atoms with Gasteiger partial charge in [-0.05, 0) is 43.2 Å². The Hall–Kier alpha value is -2.40. The van der Waals surface area contributed by atoms with Gasteiger partial charge in [0.15, 0.2) is 0 Å². The molecule has 128 valence electrons. The Bertz CT molecular complexity index is 690. The normalized spacial score (nSPS) is 13.2. The van der Waals surface area contributed by atoms with Crippen LogP contribution in [0.4, 0.5) is 4.39 Å². The predicted molar refractivity (Wildman–Crippen MR) is 90.5 cm³/mol. The van der Waals surface area contributed by atoms with E-state index in [2.05, 4.69) is 5.32 Å². The second-order valence-electron chi connectivity index (χ2n) is 5.77. The van der Waals surface area contributed by atoms with Crippen molar-refractivity contribution in [1.82, 2.24) is 5.32 Å². The molecule has 5 heteroatoms. The predicted octanol–water partition coefficient (Wildman–Crippen LogP) is 2.79. The minimum Gasteiger partial charge on any atom is -0.491 e. The maximum Gasteiger partial charge on any atom is 0.227 e. The average molecular weight is 331 g/mol. The number of carbonyl (C=O) groups is 1. The number of halogens is 1. The van der Waals surface area contributed by atoms with E-state index >= 15 is 0 Å². The van der Waals surface area contributed by atoms with Crippen LogP contribution in [0.1, 0.15) is 24.0 Å². The van der Waals surface area contributed by atoms with Crippen molar-refractivity contribution >= 4 is 5.91 Å². The van der Waals surface area contributed by atoms with Crippen molar-refractivity contribution in [3.05, 3.63) is 65.5 Å². The molecule has 0 saturated heterocycles. The number of carbonyl (C=O) groups excluding carboxylic acids is 1. The van der Waals surface area contributed by atoms with Gasteiger partial charge < -0.3 is 15.2 Å². The van der Waals surface area contributed by atoms with Gasteiger partial charge in [-0.1, -0.05) is 30.3 Å². The Balaban J connectivity index is 1.79. The fraction of sp³-hybridized carbons (Fsp3) is 0.316. The second-order valence-corrected chi connectivity index (χ2v) is 5.77. The van der Waals surface area contributed by atoms with Gasteiger partial charge in [0, 0.05) is 6.54 Å². The van der Waals surface area contributed by atoms with Crippen LogP contribution in [0.25, 0.3) is 0 Å². The van der Waals surface area contributed by atoms with E-state index in [1.807, 2.05) is 25.1 Å². The van der Waals surface area contributed by atoms with E-state index in [-0.39, 0.29) is 19.1 Å². The van der Waals surface area contributed by atoms with Crippen molar-refractivity contribution < 1.29 is 19.0 Å². The molecular weight excluding hydrogens is 309 g/mol. The summed E-state index contributed by atoms with van der Waals surface area (Å²) >= 11 is 0. The molecule has 0 radical (unpaired) electrons. The molecule has 0 heterocycles. The van der Waals surface area contributed by atoms with E-state index in [0.717, 1.165) is 5.56 Å². The number of hydrogen-bond acceptors (Lipinski definition) is 3. The van der Waals surface area contributed by atoms with Gasteiger partial charge in [-0.15, -0.1) is 0 Å². The Morgan fingerprint density at radius 3 is 2.71 bits per heavy atom. The summed E-state index contributed by atoms with van der Waals surface area (Å²) in [4.78, 5) is 12.1. The lowest BCUT2D eigenvalue weighted by atomic mass is 10.00. The molecule has 2 aromatic carbocycles. The molecule has 0 aliphatic heterocycles. The molecule has 0 fully saturated rings. The van der Waals surface area contributed by atoms with Gasteiger partial charge >= 0.3 is 0 Å². The first-order valence-corrected chi connectivity index (χ1v) is 7.87. The molecule has 0 aliphatic carbocycles. The summed E-state index contributed by atoms with van der Waals surface area (Å²) in [7, 11) is 0. The van der Waals surface area contributed by atoms with E-state index in [1.54, 1.807) is 31.2 Å². The third-order valence-corrected chi connectivity index (χ3v) is 3.71. The van der Waals surface area contributed by atoms with Crippen molar-refractivity contribution in [2.45, 2.75) is 25.9 Å². The number of rotatable bonds is 7. The van der Waals surface area contributed by atoms with E-state index in [1.165, 1.54) is 6.07 Å². The molecule has 2 unspecified atom stereocenters. The number of aliphatic hydroxyl groups is 1. The molecule has 0 spiro atoms. The molecule has 0 saturated carbocycles. The molecule has 1 amide bonds. The van der Waals surface area contributed by atoms with Gasteiger partial charge in [0.05, 0.1) is 5.92 Å². The van der Waals surface area contributed by atoms with Crippen LogP contribution in [-0.2, 0) is 4.79 Å². The number of amides is 1. The quantitative estimate of drug-likeness (QED) is 0.820. The van der Waals surface area contributed by atoms with Crippen LogP contribution in [0.15, 0.2) is 48.5 Å². The van der Waals surface area contributed by atoms with E-state index < -0.39 is 17.8 Å². The molecule has 4 nitrogen and oxygen atoms in total. The van der Waals surface area contributed by atoms with Gasteiger partial charge in [-0.2, -0.15) is 0 Å². The zero-order valence-corrected chi connectivity index (χ0v) is 13.8. The van der Waals surface area contributed by atoms with Gasteiger partial charge in [0.2, 0.25) is 5.91 Å². The Kier molecular flexibility index (Phi) is 6.32. The van der Waals surface area contributed by atoms with Gasteiger partial charge in [-0.25, -0.2) is 4.39 Å². The smallest absolute Gasteiger partial charge is 0.227 e. The van der Waals surface area contributed by atoms with Crippen LogP contribution in [0, 0.1) is 12.7 Å². The summed E-state index contributed by atoms with van der Waals surface area (Å²) in [6.45, 7) is 3.69. The molecular formula is C19H22FNO3. The van der Waals surface area contributed by atoms with Gasteiger partial charge in [0.25, 0.3) is 0 Å². The monoisotopic (exact) mass is 331 g/mol. The number of hydrogen-bond donors (Lipinski definition) is 2. The standard InChI is InChI=1S/C19H22FNO3/c1-13-6-5-7-16(10-13)24-12-15(22)11-21-19(23)14(2)17-8-3-4-9-18(17)20/h3-10,14-15,22H,11-12H2,1-2H3,(H,21,23). The second kappa shape index (κ2) is 8.45. The molecule has 2 atom stereocenters. The summed E-state index contributed by atoms with van der Waals surface area (Å²) in [5.41, 5.74) is 1.40. The minimum absolute atomic E-state index is 0.0451. The van der Waals surface area contributed by atoms with Crippen molar-refractivity contribution in [1.29, 1.82) is 0 Å². The van der Waals surface area contributed by atoms with Crippen molar-refractivity contribution in [2.75, 3.05) is 13.2 Å². The van der Waals surface area contributed by atoms with Crippen molar-refractivity contribution in [3.8, 4) is 5.75 Å². The Morgan fingerprint density at radius 1 is 1.25 bits per heavy atom.